The van der Waals surface area contributed by atoms with Crippen LogP contribution in [0.5, 0.6) is 0 Å². The van der Waals surface area contributed by atoms with E-state index in [0.29, 0.717) is 19.4 Å². The van der Waals surface area contributed by atoms with Crippen molar-refractivity contribution in [2.75, 3.05) is 33.7 Å². The quantitative estimate of drug-likeness (QED) is 0.692. The highest BCUT2D eigenvalue weighted by molar-refractivity contribution is 7.89. The van der Waals surface area contributed by atoms with Gasteiger partial charge in [-0.1, -0.05) is 37.8 Å². The standard InChI is InChI=1S/C22H34FN3O3S/c1-25(2)22(13-7-3-4-8-14-22)17-24-21(27)18-11-15-26(16-12-18)30(28,29)20-10-6-5-9-19(20)23/h5-6,9-10,18H,3-4,7-8,11-17H2,1-2H3,(H,24,27). The Bertz CT molecular complexity index is 828. The number of rotatable bonds is 6. The molecular weight excluding hydrogens is 405 g/mol. The number of hydrogen-bond donors (Lipinski definition) is 1. The summed E-state index contributed by atoms with van der Waals surface area (Å²) in [4.78, 5) is 14.8. The Morgan fingerprint density at radius 3 is 2.30 bits per heavy atom. The summed E-state index contributed by atoms with van der Waals surface area (Å²) < 4.78 is 40.8. The molecule has 168 valence electrons. The molecule has 1 heterocycles. The van der Waals surface area contributed by atoms with Crippen LogP contribution in [0.1, 0.15) is 51.4 Å². The number of halogens is 1. The Balaban J connectivity index is 1.57. The van der Waals surface area contributed by atoms with Gasteiger partial charge >= 0.3 is 0 Å². The lowest BCUT2D eigenvalue weighted by molar-refractivity contribution is -0.126. The lowest BCUT2D eigenvalue weighted by atomic mass is 9.88. The first-order valence-corrected chi connectivity index (χ1v) is 12.4. The number of carbonyl (C=O) groups is 1. The monoisotopic (exact) mass is 439 g/mol. The molecule has 1 aromatic carbocycles. The molecule has 1 amide bonds. The molecule has 8 heteroatoms. The number of piperidine rings is 1. The predicted molar refractivity (Wildman–Crippen MR) is 115 cm³/mol. The van der Waals surface area contributed by atoms with E-state index in [1.165, 1.54) is 48.2 Å². The Morgan fingerprint density at radius 2 is 1.73 bits per heavy atom. The summed E-state index contributed by atoms with van der Waals surface area (Å²) in [7, 11) is 0.297. The first kappa shape index (κ1) is 23.2. The molecule has 0 atom stereocenters. The van der Waals surface area contributed by atoms with Crippen LogP contribution in [-0.2, 0) is 14.8 Å². The van der Waals surface area contributed by atoms with E-state index in [1.54, 1.807) is 0 Å². The van der Waals surface area contributed by atoms with Crippen molar-refractivity contribution in [1.82, 2.24) is 14.5 Å². The number of hydrogen-bond acceptors (Lipinski definition) is 4. The zero-order valence-corrected chi connectivity index (χ0v) is 18.9. The number of benzene rings is 1. The van der Waals surface area contributed by atoms with Gasteiger partial charge in [0.2, 0.25) is 15.9 Å². The summed E-state index contributed by atoms with van der Waals surface area (Å²) >= 11 is 0. The van der Waals surface area contributed by atoms with E-state index in [0.717, 1.165) is 18.9 Å². The molecule has 0 unspecified atom stereocenters. The van der Waals surface area contributed by atoms with E-state index < -0.39 is 15.8 Å². The average molecular weight is 440 g/mol. The molecular formula is C22H34FN3O3S. The Labute approximate surface area is 179 Å². The second kappa shape index (κ2) is 9.75. The highest BCUT2D eigenvalue weighted by Gasteiger charge is 2.36. The molecule has 3 rings (SSSR count). The van der Waals surface area contributed by atoms with Crippen molar-refractivity contribution in [2.45, 2.75) is 61.8 Å². The van der Waals surface area contributed by atoms with Crippen LogP contribution in [0.25, 0.3) is 0 Å². The number of likely N-dealkylation sites (N-methyl/N-ethyl adjacent to an activating group) is 1. The van der Waals surface area contributed by atoms with Crippen LogP contribution < -0.4 is 5.32 Å². The third-order valence-corrected chi connectivity index (χ3v) is 8.79. The van der Waals surface area contributed by atoms with Crippen LogP contribution in [0.15, 0.2) is 29.2 Å². The molecule has 1 aliphatic heterocycles. The predicted octanol–water partition coefficient (Wildman–Crippen LogP) is 3.00. The summed E-state index contributed by atoms with van der Waals surface area (Å²) in [6, 6.07) is 5.43. The largest absolute Gasteiger partial charge is 0.354 e. The molecule has 2 aliphatic rings. The van der Waals surface area contributed by atoms with E-state index >= 15 is 0 Å². The van der Waals surface area contributed by atoms with Crippen LogP contribution in [0.2, 0.25) is 0 Å². The van der Waals surface area contributed by atoms with Crippen LogP contribution in [0, 0.1) is 11.7 Å². The molecule has 0 aromatic heterocycles. The van der Waals surface area contributed by atoms with Gasteiger partial charge in [-0.15, -0.1) is 0 Å². The fraction of sp³-hybridized carbons (Fsp3) is 0.682. The molecule has 1 aliphatic carbocycles. The van der Waals surface area contributed by atoms with Crippen LogP contribution in [-0.4, -0.2) is 62.8 Å². The minimum atomic E-state index is -3.88. The molecule has 1 saturated carbocycles. The second-order valence-corrected chi connectivity index (χ2v) is 10.8. The van der Waals surface area contributed by atoms with Gasteiger partial charge in [-0.25, -0.2) is 12.8 Å². The molecule has 0 radical (unpaired) electrons. The number of nitrogens with zero attached hydrogens (tertiary/aromatic N) is 2. The third kappa shape index (κ3) is 5.03. The van der Waals surface area contributed by atoms with E-state index in [9.17, 15) is 17.6 Å². The molecule has 30 heavy (non-hydrogen) atoms. The lowest BCUT2D eigenvalue weighted by Gasteiger charge is -2.40. The molecule has 0 spiro atoms. The smallest absolute Gasteiger partial charge is 0.245 e. The Kier molecular flexibility index (Phi) is 7.52. The van der Waals surface area contributed by atoms with Crippen molar-refractivity contribution in [3.8, 4) is 0 Å². The van der Waals surface area contributed by atoms with Crippen molar-refractivity contribution < 1.29 is 17.6 Å². The maximum Gasteiger partial charge on any atom is 0.245 e. The van der Waals surface area contributed by atoms with Gasteiger partial charge in [-0.2, -0.15) is 4.31 Å². The fourth-order valence-corrected chi connectivity index (χ4v) is 6.25. The highest BCUT2D eigenvalue weighted by Crippen LogP contribution is 2.31. The van der Waals surface area contributed by atoms with Crippen LogP contribution in [0.4, 0.5) is 4.39 Å². The number of nitrogens with one attached hydrogen (secondary N) is 1. The number of carbonyl (C=O) groups excluding carboxylic acids is 1. The van der Waals surface area contributed by atoms with Gasteiger partial charge in [-0.3, -0.25) is 4.79 Å². The summed E-state index contributed by atoms with van der Waals surface area (Å²) in [6.07, 6.45) is 7.93. The SMILES string of the molecule is CN(C)C1(CNC(=O)C2CCN(S(=O)(=O)c3ccccc3F)CC2)CCCCCC1. The highest BCUT2D eigenvalue weighted by atomic mass is 32.2. The van der Waals surface area contributed by atoms with Crippen molar-refractivity contribution in [3.63, 3.8) is 0 Å². The maximum atomic E-state index is 14.0. The van der Waals surface area contributed by atoms with Gasteiger partial charge in [-0.05, 0) is 51.9 Å². The maximum absolute atomic E-state index is 14.0. The zero-order chi connectivity index (χ0) is 21.8. The minimum Gasteiger partial charge on any atom is -0.354 e. The molecule has 1 aromatic rings. The van der Waals surface area contributed by atoms with Crippen LogP contribution >= 0.6 is 0 Å². The summed E-state index contributed by atoms with van der Waals surface area (Å²) in [6.45, 7) is 1.09. The van der Waals surface area contributed by atoms with Crippen molar-refractivity contribution >= 4 is 15.9 Å². The Hall–Kier alpha value is -1.51. The summed E-state index contributed by atoms with van der Waals surface area (Å²) in [5, 5.41) is 3.16. The van der Waals surface area contributed by atoms with Gasteiger partial charge in [0.25, 0.3) is 0 Å². The second-order valence-electron chi connectivity index (χ2n) is 8.86. The van der Waals surface area contributed by atoms with E-state index in [-0.39, 0.29) is 35.3 Å². The van der Waals surface area contributed by atoms with Crippen LogP contribution in [0.3, 0.4) is 0 Å². The molecule has 0 bridgehead atoms. The Morgan fingerprint density at radius 1 is 1.13 bits per heavy atom. The summed E-state index contributed by atoms with van der Waals surface area (Å²) in [5.41, 5.74) is 0.00103. The molecule has 6 nitrogen and oxygen atoms in total. The summed E-state index contributed by atoms with van der Waals surface area (Å²) in [5.74, 6) is -0.944. The molecule has 1 saturated heterocycles. The number of amides is 1. The topological polar surface area (TPSA) is 69.7 Å². The average Bonchev–Trinajstić information content (AvgIpc) is 2.99. The van der Waals surface area contributed by atoms with Crippen molar-refractivity contribution in [3.05, 3.63) is 30.1 Å². The van der Waals surface area contributed by atoms with Gasteiger partial charge in [0.15, 0.2) is 0 Å². The molecule has 2 fully saturated rings. The van der Waals surface area contributed by atoms with Gasteiger partial charge in [0, 0.05) is 31.1 Å². The first-order chi connectivity index (χ1) is 14.3. The van der Waals surface area contributed by atoms with E-state index in [2.05, 4.69) is 24.3 Å². The first-order valence-electron chi connectivity index (χ1n) is 11.0. The van der Waals surface area contributed by atoms with Crippen molar-refractivity contribution in [1.29, 1.82) is 0 Å². The minimum absolute atomic E-state index is 0.00103. The lowest BCUT2D eigenvalue weighted by Crippen LogP contribution is -2.53. The van der Waals surface area contributed by atoms with Gasteiger partial charge in [0.05, 0.1) is 0 Å². The normalized spacial score (nSPS) is 21.3. The van der Waals surface area contributed by atoms with E-state index in [4.69, 9.17) is 0 Å². The zero-order valence-electron chi connectivity index (χ0n) is 18.1. The van der Waals surface area contributed by atoms with E-state index in [1.807, 2.05) is 0 Å². The number of sulfonamides is 1. The molecule has 1 N–H and O–H groups in total. The van der Waals surface area contributed by atoms with Gasteiger partial charge in [0.1, 0.15) is 10.7 Å². The third-order valence-electron chi connectivity index (χ3n) is 6.85. The fourth-order valence-electron chi connectivity index (χ4n) is 4.72. The van der Waals surface area contributed by atoms with Crippen molar-refractivity contribution in [2.24, 2.45) is 5.92 Å². The van der Waals surface area contributed by atoms with Gasteiger partial charge < -0.3 is 10.2 Å².